The van der Waals surface area contributed by atoms with Crippen LogP contribution < -0.4 is 5.73 Å². The maximum Gasteiger partial charge on any atom is 0.0839 e. The van der Waals surface area contributed by atoms with E-state index in [1.165, 1.54) is 16.7 Å². The van der Waals surface area contributed by atoms with Gasteiger partial charge in [-0.3, -0.25) is 0 Å². The van der Waals surface area contributed by atoms with Gasteiger partial charge in [-0.25, -0.2) is 0 Å². The lowest BCUT2D eigenvalue weighted by Crippen LogP contribution is -2.40. The molecule has 1 aromatic rings. The van der Waals surface area contributed by atoms with E-state index in [2.05, 4.69) is 45.9 Å². The van der Waals surface area contributed by atoms with Gasteiger partial charge in [-0.1, -0.05) is 30.7 Å². The summed E-state index contributed by atoms with van der Waals surface area (Å²) < 4.78 is 5.57. The van der Waals surface area contributed by atoms with Gasteiger partial charge in [-0.05, 0) is 38.3 Å². The molecule has 2 heteroatoms. The van der Waals surface area contributed by atoms with Gasteiger partial charge in [-0.2, -0.15) is 0 Å². The minimum atomic E-state index is -0.293. The van der Waals surface area contributed by atoms with E-state index in [1.807, 2.05) is 0 Å². The quantitative estimate of drug-likeness (QED) is 0.848. The smallest absolute Gasteiger partial charge is 0.0839 e. The fourth-order valence-corrected chi connectivity index (χ4v) is 1.92. The molecular formula is C14H23NO. The van der Waals surface area contributed by atoms with Gasteiger partial charge in [0.1, 0.15) is 0 Å². The minimum absolute atomic E-state index is 0.0811. The predicted octanol–water partition coefficient (Wildman–Crippen LogP) is 3.12. The molecule has 1 rings (SSSR count). The molecule has 0 heterocycles. The molecule has 0 fully saturated rings. The molecule has 0 radical (unpaired) electrons. The van der Waals surface area contributed by atoms with Crippen molar-refractivity contribution in [2.45, 2.75) is 45.8 Å². The molecule has 0 aliphatic carbocycles. The second-order valence-electron chi connectivity index (χ2n) is 4.71. The molecule has 2 nitrogen and oxygen atoms in total. The van der Waals surface area contributed by atoms with Gasteiger partial charge in [0.2, 0.25) is 0 Å². The Morgan fingerprint density at radius 1 is 1.38 bits per heavy atom. The van der Waals surface area contributed by atoms with E-state index in [0.717, 1.165) is 6.42 Å². The highest BCUT2D eigenvalue weighted by Gasteiger charge is 2.31. The monoisotopic (exact) mass is 221 g/mol. The molecule has 0 aliphatic rings. The SMILES string of the molecule is CCC(C)(OC)C(N)c1cc(C)ccc1C. The number of hydrogen-bond acceptors (Lipinski definition) is 2. The zero-order valence-electron chi connectivity index (χ0n) is 11.0. The Kier molecular flexibility index (Phi) is 4.11. The van der Waals surface area contributed by atoms with Crippen molar-refractivity contribution in [3.05, 3.63) is 34.9 Å². The van der Waals surface area contributed by atoms with Gasteiger partial charge in [0, 0.05) is 7.11 Å². The zero-order chi connectivity index (χ0) is 12.3. The minimum Gasteiger partial charge on any atom is -0.377 e. The van der Waals surface area contributed by atoms with Gasteiger partial charge in [0.15, 0.2) is 0 Å². The lowest BCUT2D eigenvalue weighted by Gasteiger charge is -2.34. The predicted molar refractivity (Wildman–Crippen MR) is 68.5 cm³/mol. The normalized spacial score (nSPS) is 16.9. The summed E-state index contributed by atoms with van der Waals surface area (Å²) >= 11 is 0. The number of ether oxygens (including phenoxy) is 1. The molecule has 90 valence electrons. The van der Waals surface area contributed by atoms with Crippen molar-refractivity contribution in [3.8, 4) is 0 Å². The van der Waals surface area contributed by atoms with Crippen LogP contribution in [0, 0.1) is 13.8 Å². The molecular weight excluding hydrogens is 198 g/mol. The largest absolute Gasteiger partial charge is 0.377 e. The molecule has 16 heavy (non-hydrogen) atoms. The Morgan fingerprint density at radius 2 is 2.00 bits per heavy atom. The van der Waals surface area contributed by atoms with Crippen molar-refractivity contribution in [1.82, 2.24) is 0 Å². The third kappa shape index (κ3) is 2.45. The Labute approximate surface area is 98.8 Å². The van der Waals surface area contributed by atoms with Crippen molar-refractivity contribution in [2.75, 3.05) is 7.11 Å². The second-order valence-corrected chi connectivity index (χ2v) is 4.71. The van der Waals surface area contributed by atoms with Crippen LogP contribution in [-0.4, -0.2) is 12.7 Å². The Hall–Kier alpha value is -0.860. The zero-order valence-corrected chi connectivity index (χ0v) is 11.0. The molecule has 0 saturated carbocycles. The molecule has 2 N–H and O–H groups in total. The molecule has 0 aliphatic heterocycles. The molecule has 0 saturated heterocycles. The summed E-state index contributed by atoms with van der Waals surface area (Å²) in [5.41, 5.74) is 9.71. The fourth-order valence-electron chi connectivity index (χ4n) is 1.92. The van der Waals surface area contributed by atoms with E-state index >= 15 is 0 Å². The van der Waals surface area contributed by atoms with Gasteiger partial charge in [0.05, 0.1) is 11.6 Å². The number of hydrogen-bond donors (Lipinski definition) is 1. The average Bonchev–Trinajstić information content (AvgIpc) is 2.30. The number of aryl methyl sites for hydroxylation is 2. The Morgan fingerprint density at radius 3 is 2.50 bits per heavy atom. The van der Waals surface area contributed by atoms with E-state index in [9.17, 15) is 0 Å². The summed E-state index contributed by atoms with van der Waals surface area (Å²) in [6.07, 6.45) is 0.901. The number of benzene rings is 1. The summed E-state index contributed by atoms with van der Waals surface area (Å²) in [5, 5.41) is 0. The van der Waals surface area contributed by atoms with Gasteiger partial charge in [-0.15, -0.1) is 0 Å². The van der Waals surface area contributed by atoms with Gasteiger partial charge >= 0.3 is 0 Å². The van der Waals surface area contributed by atoms with Crippen LogP contribution in [0.4, 0.5) is 0 Å². The highest BCUT2D eigenvalue weighted by molar-refractivity contribution is 5.34. The standard InChI is InChI=1S/C14H23NO/c1-6-14(4,16-5)13(15)12-9-10(2)7-8-11(12)3/h7-9,13H,6,15H2,1-5H3. The first kappa shape index (κ1) is 13.2. The maximum absolute atomic E-state index is 6.34. The molecule has 0 amide bonds. The Bertz CT molecular complexity index is 356. The summed E-state index contributed by atoms with van der Waals surface area (Å²) in [7, 11) is 1.73. The summed E-state index contributed by atoms with van der Waals surface area (Å²) in [5.74, 6) is 0. The fraction of sp³-hybridized carbons (Fsp3) is 0.571. The first-order valence-corrected chi connectivity index (χ1v) is 5.82. The van der Waals surface area contributed by atoms with Crippen LogP contribution in [0.15, 0.2) is 18.2 Å². The lowest BCUT2D eigenvalue weighted by atomic mass is 9.86. The third-order valence-electron chi connectivity index (χ3n) is 3.60. The summed E-state index contributed by atoms with van der Waals surface area (Å²) in [4.78, 5) is 0. The highest BCUT2D eigenvalue weighted by atomic mass is 16.5. The van der Waals surface area contributed by atoms with Crippen LogP contribution in [-0.2, 0) is 4.74 Å². The number of methoxy groups -OCH3 is 1. The van der Waals surface area contributed by atoms with E-state index < -0.39 is 0 Å². The van der Waals surface area contributed by atoms with Crippen LogP contribution in [0.2, 0.25) is 0 Å². The van der Waals surface area contributed by atoms with Crippen LogP contribution >= 0.6 is 0 Å². The van der Waals surface area contributed by atoms with E-state index in [1.54, 1.807) is 7.11 Å². The molecule has 2 unspecified atom stereocenters. The van der Waals surface area contributed by atoms with E-state index in [0.29, 0.717) is 0 Å². The first-order chi connectivity index (χ1) is 7.44. The molecule has 0 spiro atoms. The van der Waals surface area contributed by atoms with Gasteiger partial charge < -0.3 is 10.5 Å². The van der Waals surface area contributed by atoms with Crippen molar-refractivity contribution in [3.63, 3.8) is 0 Å². The number of rotatable bonds is 4. The van der Waals surface area contributed by atoms with Crippen LogP contribution in [0.25, 0.3) is 0 Å². The summed E-state index contributed by atoms with van der Waals surface area (Å²) in [6, 6.07) is 6.31. The van der Waals surface area contributed by atoms with Crippen molar-refractivity contribution < 1.29 is 4.74 Å². The van der Waals surface area contributed by atoms with Crippen LogP contribution in [0.1, 0.15) is 43.0 Å². The van der Waals surface area contributed by atoms with Gasteiger partial charge in [0.25, 0.3) is 0 Å². The number of nitrogens with two attached hydrogens (primary N) is 1. The van der Waals surface area contributed by atoms with E-state index in [4.69, 9.17) is 10.5 Å². The molecule has 0 aromatic heterocycles. The maximum atomic E-state index is 6.34. The summed E-state index contributed by atoms with van der Waals surface area (Å²) in [6.45, 7) is 8.36. The lowest BCUT2D eigenvalue weighted by molar-refractivity contribution is -0.0196. The average molecular weight is 221 g/mol. The van der Waals surface area contributed by atoms with Crippen LogP contribution in [0.3, 0.4) is 0 Å². The highest BCUT2D eigenvalue weighted by Crippen LogP contribution is 2.31. The molecule has 1 aromatic carbocycles. The topological polar surface area (TPSA) is 35.2 Å². The van der Waals surface area contributed by atoms with E-state index in [-0.39, 0.29) is 11.6 Å². The van der Waals surface area contributed by atoms with Crippen molar-refractivity contribution in [1.29, 1.82) is 0 Å². The first-order valence-electron chi connectivity index (χ1n) is 5.82. The molecule has 2 atom stereocenters. The Balaban J connectivity index is 3.12. The second kappa shape index (κ2) is 4.98. The van der Waals surface area contributed by atoms with Crippen LogP contribution in [0.5, 0.6) is 0 Å². The van der Waals surface area contributed by atoms with Crippen molar-refractivity contribution >= 4 is 0 Å². The molecule has 0 bridgehead atoms. The van der Waals surface area contributed by atoms with Crippen molar-refractivity contribution in [2.24, 2.45) is 5.73 Å². The third-order valence-corrected chi connectivity index (χ3v) is 3.60.